The average molecular weight is 363 g/mol. The number of nitrogens with zero attached hydrogens (tertiary/aromatic N) is 1. The topological polar surface area (TPSA) is 50.8 Å². The molecule has 2 atom stereocenters. The van der Waals surface area contributed by atoms with Gasteiger partial charge in [-0.15, -0.1) is 0 Å². The Bertz CT molecular complexity index is 550. The van der Waals surface area contributed by atoms with Gasteiger partial charge in [-0.05, 0) is 57.0 Å². The van der Waals surface area contributed by atoms with Crippen molar-refractivity contribution in [1.29, 1.82) is 0 Å². The van der Waals surface area contributed by atoms with E-state index in [1.165, 1.54) is 32.1 Å². The van der Waals surface area contributed by atoms with Gasteiger partial charge in [0, 0.05) is 12.6 Å². The Hall–Kier alpha value is -1.59. The number of piperidine rings is 1. The number of benzene rings is 1. The molecule has 1 heterocycles. The molecule has 2 rings (SSSR count). The predicted octanol–water partition coefficient (Wildman–Crippen LogP) is 3.37. The SMILES string of the molecule is CCCCN1CCCCC1CNC(=O)C(C)OCc1cccc(OC)c1. The summed E-state index contributed by atoms with van der Waals surface area (Å²) >= 11 is 0. The number of amides is 1. The minimum absolute atomic E-state index is 0.0334. The van der Waals surface area contributed by atoms with Crippen LogP contribution in [0.1, 0.15) is 51.5 Å². The first-order valence-electron chi connectivity index (χ1n) is 9.90. The third-order valence-corrected chi connectivity index (χ3v) is 5.06. The predicted molar refractivity (Wildman–Crippen MR) is 104 cm³/mol. The zero-order valence-corrected chi connectivity index (χ0v) is 16.5. The van der Waals surface area contributed by atoms with Crippen molar-refractivity contribution in [2.75, 3.05) is 26.7 Å². The number of hydrogen-bond donors (Lipinski definition) is 1. The Kier molecular flexibility index (Phi) is 8.92. The Labute approximate surface area is 158 Å². The zero-order valence-electron chi connectivity index (χ0n) is 16.5. The van der Waals surface area contributed by atoms with E-state index < -0.39 is 6.10 Å². The Morgan fingerprint density at radius 1 is 1.38 bits per heavy atom. The van der Waals surface area contributed by atoms with E-state index in [1.54, 1.807) is 7.11 Å². The van der Waals surface area contributed by atoms with Gasteiger partial charge in [-0.2, -0.15) is 0 Å². The van der Waals surface area contributed by atoms with Crippen molar-refractivity contribution in [3.63, 3.8) is 0 Å². The van der Waals surface area contributed by atoms with Crippen LogP contribution in [0.4, 0.5) is 0 Å². The van der Waals surface area contributed by atoms with E-state index in [2.05, 4.69) is 17.1 Å². The summed E-state index contributed by atoms with van der Waals surface area (Å²) in [7, 11) is 1.64. The molecule has 1 aliphatic rings. The number of unbranched alkanes of at least 4 members (excludes halogenated alkanes) is 1. The van der Waals surface area contributed by atoms with Crippen LogP contribution in [0, 0.1) is 0 Å². The highest BCUT2D eigenvalue weighted by atomic mass is 16.5. The number of hydrogen-bond acceptors (Lipinski definition) is 4. The quantitative estimate of drug-likeness (QED) is 0.693. The zero-order chi connectivity index (χ0) is 18.8. The highest BCUT2D eigenvalue weighted by molar-refractivity contribution is 5.80. The lowest BCUT2D eigenvalue weighted by molar-refractivity contribution is -0.132. The molecule has 0 aromatic heterocycles. The summed E-state index contributed by atoms with van der Waals surface area (Å²) in [5.74, 6) is 0.765. The largest absolute Gasteiger partial charge is 0.497 e. The number of carbonyl (C=O) groups excluding carboxylic acids is 1. The van der Waals surface area contributed by atoms with Crippen LogP contribution in [0.3, 0.4) is 0 Å². The standard InChI is InChI=1S/C21H34N2O3/c1-4-5-12-23-13-7-6-10-19(23)15-22-21(24)17(2)26-16-18-9-8-11-20(14-18)25-3/h8-9,11,14,17,19H,4-7,10,12-13,15-16H2,1-3H3,(H,22,24). The van der Waals surface area contributed by atoms with E-state index in [-0.39, 0.29) is 5.91 Å². The van der Waals surface area contributed by atoms with Crippen molar-refractivity contribution in [3.05, 3.63) is 29.8 Å². The van der Waals surface area contributed by atoms with E-state index in [4.69, 9.17) is 9.47 Å². The number of methoxy groups -OCH3 is 1. The van der Waals surface area contributed by atoms with Gasteiger partial charge in [0.15, 0.2) is 0 Å². The molecule has 1 aromatic carbocycles. The maximum atomic E-state index is 12.4. The molecule has 0 radical (unpaired) electrons. The average Bonchev–Trinajstić information content (AvgIpc) is 2.69. The number of carbonyl (C=O) groups is 1. The van der Waals surface area contributed by atoms with Crippen LogP contribution in [-0.4, -0.2) is 49.7 Å². The second-order valence-electron chi connectivity index (χ2n) is 7.09. The summed E-state index contributed by atoms with van der Waals surface area (Å²) in [6.45, 7) is 7.45. The molecule has 1 N–H and O–H groups in total. The summed E-state index contributed by atoms with van der Waals surface area (Å²) in [5.41, 5.74) is 1.00. The molecular weight excluding hydrogens is 328 g/mol. The molecular formula is C21H34N2O3. The third-order valence-electron chi connectivity index (χ3n) is 5.06. The summed E-state index contributed by atoms with van der Waals surface area (Å²) in [4.78, 5) is 14.9. The van der Waals surface area contributed by atoms with Crippen molar-refractivity contribution in [2.45, 2.75) is 64.7 Å². The van der Waals surface area contributed by atoms with Gasteiger partial charge in [-0.25, -0.2) is 0 Å². The molecule has 1 fully saturated rings. The lowest BCUT2D eigenvalue weighted by Gasteiger charge is -2.36. The fourth-order valence-corrected chi connectivity index (χ4v) is 3.37. The minimum Gasteiger partial charge on any atom is -0.497 e. The molecule has 1 amide bonds. The van der Waals surface area contributed by atoms with Gasteiger partial charge in [0.2, 0.25) is 5.91 Å². The van der Waals surface area contributed by atoms with Gasteiger partial charge >= 0.3 is 0 Å². The Morgan fingerprint density at radius 3 is 3.00 bits per heavy atom. The fraction of sp³-hybridized carbons (Fsp3) is 0.667. The molecule has 1 aromatic rings. The van der Waals surface area contributed by atoms with Crippen molar-refractivity contribution >= 4 is 5.91 Å². The van der Waals surface area contributed by atoms with Gasteiger partial charge < -0.3 is 14.8 Å². The van der Waals surface area contributed by atoms with Gasteiger partial charge in [0.25, 0.3) is 0 Å². The van der Waals surface area contributed by atoms with Crippen LogP contribution in [0.25, 0.3) is 0 Å². The lowest BCUT2D eigenvalue weighted by Crippen LogP contribution is -2.48. The minimum atomic E-state index is -0.464. The van der Waals surface area contributed by atoms with E-state index in [0.29, 0.717) is 12.6 Å². The van der Waals surface area contributed by atoms with E-state index in [1.807, 2.05) is 31.2 Å². The highest BCUT2D eigenvalue weighted by Gasteiger charge is 2.23. The molecule has 0 spiro atoms. The second-order valence-corrected chi connectivity index (χ2v) is 7.09. The second kappa shape index (κ2) is 11.2. The summed E-state index contributed by atoms with van der Waals surface area (Å²) in [5, 5.41) is 3.09. The van der Waals surface area contributed by atoms with Crippen LogP contribution < -0.4 is 10.1 Å². The lowest BCUT2D eigenvalue weighted by atomic mass is 10.0. The van der Waals surface area contributed by atoms with Crippen LogP contribution in [0.5, 0.6) is 5.75 Å². The summed E-state index contributed by atoms with van der Waals surface area (Å²) < 4.78 is 11.0. The van der Waals surface area contributed by atoms with Crippen LogP contribution in [0.15, 0.2) is 24.3 Å². The maximum Gasteiger partial charge on any atom is 0.248 e. The molecule has 146 valence electrons. The Morgan fingerprint density at radius 2 is 2.23 bits per heavy atom. The molecule has 2 unspecified atom stereocenters. The van der Waals surface area contributed by atoms with E-state index >= 15 is 0 Å². The molecule has 1 saturated heterocycles. The Balaban J connectivity index is 1.75. The maximum absolute atomic E-state index is 12.4. The summed E-state index contributed by atoms with van der Waals surface area (Å²) in [6, 6.07) is 8.19. The number of rotatable bonds is 10. The van der Waals surface area contributed by atoms with Gasteiger partial charge in [0.05, 0.1) is 13.7 Å². The van der Waals surface area contributed by atoms with Crippen LogP contribution >= 0.6 is 0 Å². The first kappa shape index (κ1) is 20.7. The molecule has 26 heavy (non-hydrogen) atoms. The number of likely N-dealkylation sites (tertiary alicyclic amines) is 1. The fourth-order valence-electron chi connectivity index (χ4n) is 3.37. The van der Waals surface area contributed by atoms with Crippen LogP contribution in [-0.2, 0) is 16.1 Å². The number of nitrogens with one attached hydrogen (secondary N) is 1. The van der Waals surface area contributed by atoms with Gasteiger partial charge in [-0.3, -0.25) is 9.69 Å². The molecule has 1 aliphatic heterocycles. The van der Waals surface area contributed by atoms with Gasteiger partial charge in [0.1, 0.15) is 11.9 Å². The van der Waals surface area contributed by atoms with Crippen molar-refractivity contribution in [1.82, 2.24) is 10.2 Å². The first-order chi connectivity index (χ1) is 12.6. The molecule has 0 saturated carbocycles. The van der Waals surface area contributed by atoms with Crippen molar-refractivity contribution in [2.24, 2.45) is 0 Å². The third kappa shape index (κ3) is 6.61. The first-order valence-corrected chi connectivity index (χ1v) is 9.90. The smallest absolute Gasteiger partial charge is 0.248 e. The number of ether oxygens (including phenoxy) is 2. The van der Waals surface area contributed by atoms with Crippen LogP contribution in [0.2, 0.25) is 0 Å². The van der Waals surface area contributed by atoms with Crippen molar-refractivity contribution < 1.29 is 14.3 Å². The van der Waals surface area contributed by atoms with Gasteiger partial charge in [-0.1, -0.05) is 31.9 Å². The molecule has 5 heteroatoms. The van der Waals surface area contributed by atoms with E-state index in [0.717, 1.165) is 30.9 Å². The molecule has 0 aliphatic carbocycles. The molecule has 5 nitrogen and oxygen atoms in total. The normalized spacial score (nSPS) is 19.1. The summed E-state index contributed by atoms with van der Waals surface area (Å²) in [6.07, 6.45) is 5.67. The molecule has 0 bridgehead atoms. The van der Waals surface area contributed by atoms with Crippen molar-refractivity contribution in [3.8, 4) is 5.75 Å². The highest BCUT2D eigenvalue weighted by Crippen LogP contribution is 2.17. The van der Waals surface area contributed by atoms with E-state index in [9.17, 15) is 4.79 Å². The monoisotopic (exact) mass is 362 g/mol.